The Balaban J connectivity index is 0.000000304. The van der Waals surface area contributed by atoms with E-state index in [0.29, 0.717) is 11.3 Å². The lowest BCUT2D eigenvalue weighted by Crippen LogP contribution is -2.31. The highest BCUT2D eigenvalue weighted by molar-refractivity contribution is 6.00. The second-order valence-corrected chi connectivity index (χ2v) is 17.5. The van der Waals surface area contributed by atoms with Gasteiger partial charge in [-0.25, -0.2) is 0 Å². The first-order valence-corrected chi connectivity index (χ1v) is 23.4. The summed E-state index contributed by atoms with van der Waals surface area (Å²) < 4.78 is 6.24. The number of para-hydroxylation sites is 2. The van der Waals surface area contributed by atoms with Crippen molar-refractivity contribution in [1.29, 1.82) is 0 Å². The normalized spacial score (nSPS) is 13.3. The van der Waals surface area contributed by atoms with Crippen molar-refractivity contribution in [3.05, 3.63) is 268 Å². The van der Waals surface area contributed by atoms with Crippen LogP contribution >= 0.6 is 0 Å². The molecule has 0 saturated carbocycles. The molecule has 0 aliphatic heterocycles. The van der Waals surface area contributed by atoms with Crippen LogP contribution in [0.1, 0.15) is 84.2 Å². The minimum absolute atomic E-state index is 0.570. The summed E-state index contributed by atoms with van der Waals surface area (Å²) in [6.07, 6.45) is 11.5. The maximum atomic E-state index is 6.24. The first kappa shape index (κ1) is 45.9. The van der Waals surface area contributed by atoms with E-state index < -0.39 is 5.41 Å². The van der Waals surface area contributed by atoms with Gasteiger partial charge in [-0.2, -0.15) is 0 Å². The Hall–Kier alpha value is -7.68. The standard InChI is InChI=1S/C48H37NO.C17H24/c1-6-37-38(7-2)47-39-29-28-32(4)30-41(39)48(34-20-12-9-13-21-34,35-22-14-10-15-23-35)42(47)31-44(37)49(36-24-16-11-17-25-36)43(8-3)46-33(5)50-45-27-19-18-26-40(45)46;1-6-10-16(13(3)4)15(7-2)17-12-9-8-11-14(17)5/h6-31H,1-3,5H2,4H3;7-13H,6H2,1-5H3/b46-43-;15-7+,16-10-. The third-order valence-electron chi connectivity index (χ3n) is 13.2. The second-order valence-electron chi connectivity index (χ2n) is 17.5. The molecule has 332 valence electrons. The van der Waals surface area contributed by atoms with Crippen molar-refractivity contribution in [3.63, 3.8) is 0 Å². The predicted molar refractivity (Wildman–Crippen MR) is 290 cm³/mol. The minimum Gasteiger partial charge on any atom is -0.457 e. The predicted octanol–water partition coefficient (Wildman–Crippen LogP) is 16.3. The van der Waals surface area contributed by atoms with E-state index in [1.165, 1.54) is 61.2 Å². The molecular weight excluding hydrogens is 811 g/mol. The number of anilines is 2. The van der Waals surface area contributed by atoms with Crippen molar-refractivity contribution in [3.8, 4) is 11.1 Å². The summed E-state index contributed by atoms with van der Waals surface area (Å²) in [7, 11) is 0. The molecule has 1 aromatic heterocycles. The van der Waals surface area contributed by atoms with E-state index in [4.69, 9.17) is 4.42 Å². The molecule has 7 aromatic carbocycles. The molecule has 0 fully saturated rings. The van der Waals surface area contributed by atoms with Crippen molar-refractivity contribution in [1.82, 2.24) is 0 Å². The Morgan fingerprint density at radius 3 is 1.87 bits per heavy atom. The van der Waals surface area contributed by atoms with E-state index >= 15 is 0 Å². The quantitative estimate of drug-likeness (QED) is 0.114. The average molecular weight is 872 g/mol. The largest absolute Gasteiger partial charge is 0.457 e. The highest BCUT2D eigenvalue weighted by atomic mass is 16.3. The maximum Gasteiger partial charge on any atom is 0.135 e. The van der Waals surface area contributed by atoms with Gasteiger partial charge in [0.2, 0.25) is 0 Å². The van der Waals surface area contributed by atoms with Gasteiger partial charge < -0.3 is 9.32 Å². The van der Waals surface area contributed by atoms with Crippen LogP contribution in [0.4, 0.5) is 11.4 Å². The number of hydrogen-bond acceptors (Lipinski definition) is 2. The molecule has 0 bridgehead atoms. The van der Waals surface area contributed by atoms with Crippen LogP contribution in [0.3, 0.4) is 0 Å². The van der Waals surface area contributed by atoms with E-state index in [-0.39, 0.29) is 0 Å². The molecule has 0 radical (unpaired) electrons. The third kappa shape index (κ3) is 8.19. The molecule has 0 amide bonds. The summed E-state index contributed by atoms with van der Waals surface area (Å²) >= 11 is 0. The van der Waals surface area contributed by atoms with Crippen LogP contribution in [0.2, 0.25) is 0 Å². The maximum absolute atomic E-state index is 6.24. The number of fused-ring (bicyclic) bond motifs is 4. The molecule has 67 heavy (non-hydrogen) atoms. The van der Waals surface area contributed by atoms with Crippen molar-refractivity contribution in [2.75, 3.05) is 4.90 Å². The monoisotopic (exact) mass is 871 g/mol. The first-order valence-electron chi connectivity index (χ1n) is 23.4. The van der Waals surface area contributed by atoms with E-state index in [9.17, 15) is 0 Å². The molecule has 0 spiro atoms. The number of benzene rings is 7. The summed E-state index contributed by atoms with van der Waals surface area (Å²) in [4.78, 5) is 2.28. The molecule has 2 heteroatoms. The van der Waals surface area contributed by atoms with Gasteiger partial charge in [0.25, 0.3) is 0 Å². The van der Waals surface area contributed by atoms with Gasteiger partial charge in [0, 0.05) is 16.6 Å². The Bertz CT molecular complexity index is 3250. The van der Waals surface area contributed by atoms with E-state index in [1.807, 2.05) is 42.5 Å². The van der Waals surface area contributed by atoms with Gasteiger partial charge in [-0.15, -0.1) is 0 Å². The number of allylic oxidation sites excluding steroid dienone is 4. The molecular formula is C65H61NO. The van der Waals surface area contributed by atoms with Crippen molar-refractivity contribution in [2.24, 2.45) is 5.92 Å². The summed E-state index contributed by atoms with van der Waals surface area (Å²) in [5.74, 6) is 0.570. The first-order chi connectivity index (χ1) is 32.6. The molecule has 2 nitrogen and oxygen atoms in total. The van der Waals surface area contributed by atoms with Gasteiger partial charge >= 0.3 is 0 Å². The average Bonchev–Trinajstić information content (AvgIpc) is 3.84. The Morgan fingerprint density at radius 1 is 0.687 bits per heavy atom. The Kier molecular flexibility index (Phi) is 13.6. The number of aryl methyl sites for hydroxylation is 2. The zero-order chi connectivity index (χ0) is 47.2. The van der Waals surface area contributed by atoms with E-state index in [2.05, 4.69) is 224 Å². The third-order valence-corrected chi connectivity index (χ3v) is 13.2. The van der Waals surface area contributed by atoms with Crippen LogP contribution in [0.25, 0.3) is 52.1 Å². The SMILES string of the molecule is C/C=C(\C(=C/CC)C(C)C)c1ccccc1C.C=C/C(=c1\c(=C)oc2ccccc12)N(c1ccccc1)c1cc2c(c(C=C)c1C=C)-c1ccc(C)cc1C2(c1ccccc1)c1ccccc1. The van der Waals surface area contributed by atoms with Gasteiger partial charge in [0.1, 0.15) is 11.0 Å². The minimum atomic E-state index is -0.609. The second kappa shape index (κ2) is 19.8. The fourth-order valence-electron chi connectivity index (χ4n) is 10.3. The lowest BCUT2D eigenvalue weighted by Gasteiger charge is -2.36. The molecule has 1 heterocycles. The van der Waals surface area contributed by atoms with Gasteiger partial charge in [0.15, 0.2) is 0 Å². The lowest BCUT2D eigenvalue weighted by molar-refractivity contribution is 0.577. The van der Waals surface area contributed by atoms with Crippen LogP contribution in [-0.2, 0) is 5.41 Å². The Labute approximate surface area is 398 Å². The molecule has 0 unspecified atom stereocenters. The molecule has 0 N–H and O–H groups in total. The van der Waals surface area contributed by atoms with Gasteiger partial charge in [-0.1, -0.05) is 216 Å². The molecule has 0 atom stereocenters. The number of nitrogens with zero attached hydrogens (tertiary/aromatic N) is 1. The van der Waals surface area contributed by atoms with Crippen molar-refractivity contribution in [2.45, 2.75) is 53.4 Å². The summed E-state index contributed by atoms with van der Waals surface area (Å²) in [5, 5.41) is 1.87. The zero-order valence-corrected chi connectivity index (χ0v) is 39.9. The lowest BCUT2D eigenvalue weighted by atomic mass is 9.67. The highest BCUT2D eigenvalue weighted by Crippen LogP contribution is 2.59. The summed E-state index contributed by atoms with van der Waals surface area (Å²) in [5.41, 5.74) is 19.5. The molecule has 1 aliphatic rings. The molecule has 8 aromatic rings. The van der Waals surface area contributed by atoms with Gasteiger partial charge in [-0.3, -0.25) is 0 Å². The number of furan rings is 1. The van der Waals surface area contributed by atoms with Gasteiger partial charge in [-0.05, 0) is 125 Å². The smallest absolute Gasteiger partial charge is 0.135 e. The van der Waals surface area contributed by atoms with Crippen LogP contribution in [0, 0.1) is 19.8 Å². The zero-order valence-electron chi connectivity index (χ0n) is 39.9. The summed E-state index contributed by atoms with van der Waals surface area (Å²) in [6.45, 7) is 30.8. The summed E-state index contributed by atoms with van der Waals surface area (Å²) in [6, 6.07) is 58.1. The van der Waals surface area contributed by atoms with Crippen molar-refractivity contribution >= 4 is 52.3 Å². The van der Waals surface area contributed by atoms with Crippen LogP contribution < -0.4 is 15.5 Å². The highest BCUT2D eigenvalue weighted by Gasteiger charge is 2.48. The Morgan fingerprint density at radius 2 is 1.28 bits per heavy atom. The fourth-order valence-corrected chi connectivity index (χ4v) is 10.3. The van der Waals surface area contributed by atoms with Crippen molar-refractivity contribution < 1.29 is 4.42 Å². The molecule has 1 aliphatic carbocycles. The molecule has 0 saturated heterocycles. The fraction of sp³-hybridized carbons (Fsp3) is 0.138. The topological polar surface area (TPSA) is 16.4 Å². The molecule has 9 rings (SSSR count). The van der Waals surface area contributed by atoms with Gasteiger partial charge in [0.05, 0.1) is 22.0 Å². The van der Waals surface area contributed by atoms with E-state index in [1.54, 1.807) is 0 Å². The van der Waals surface area contributed by atoms with Crippen LogP contribution in [0.15, 0.2) is 212 Å². The number of rotatable bonds is 12. The van der Waals surface area contributed by atoms with Crippen LogP contribution in [-0.4, -0.2) is 0 Å². The van der Waals surface area contributed by atoms with Crippen LogP contribution in [0.5, 0.6) is 0 Å². The number of hydrogen-bond donors (Lipinski definition) is 0. The van der Waals surface area contributed by atoms with E-state index in [0.717, 1.165) is 50.8 Å².